The minimum Gasteiger partial charge on any atom is -0.494 e. The van der Waals surface area contributed by atoms with E-state index in [9.17, 15) is 9.59 Å². The summed E-state index contributed by atoms with van der Waals surface area (Å²) in [5, 5.41) is 0. The fourth-order valence-electron chi connectivity index (χ4n) is 4.87. The molecule has 194 valence electrons. The molecule has 4 rings (SSSR count). The number of carbonyl (C=O) groups excluding carboxylic acids is 2. The Bertz CT molecular complexity index is 1050. The molecule has 1 aromatic heterocycles. The molecule has 36 heavy (non-hydrogen) atoms. The molecule has 0 N–H and O–H groups in total. The van der Waals surface area contributed by atoms with Gasteiger partial charge in [0.25, 0.3) is 0 Å². The normalized spacial score (nSPS) is 20.2. The van der Waals surface area contributed by atoms with Crippen LogP contribution in [0.5, 0.6) is 5.75 Å². The van der Waals surface area contributed by atoms with Crippen LogP contribution in [-0.4, -0.2) is 66.4 Å². The van der Waals surface area contributed by atoms with Gasteiger partial charge in [-0.25, -0.2) is 9.78 Å². The van der Waals surface area contributed by atoms with Crippen LogP contribution >= 0.6 is 0 Å². The van der Waals surface area contributed by atoms with Crippen LogP contribution in [0.3, 0.4) is 0 Å². The van der Waals surface area contributed by atoms with Gasteiger partial charge >= 0.3 is 5.97 Å². The van der Waals surface area contributed by atoms with Gasteiger partial charge in [0.15, 0.2) is 6.10 Å². The molecule has 0 bridgehead atoms. The summed E-state index contributed by atoms with van der Waals surface area (Å²) in [6.45, 7) is 10.5. The lowest BCUT2D eigenvalue weighted by Gasteiger charge is -2.37. The molecule has 0 spiro atoms. The van der Waals surface area contributed by atoms with E-state index < -0.39 is 23.8 Å². The Hall–Kier alpha value is -3.13. The van der Waals surface area contributed by atoms with Crippen molar-refractivity contribution in [1.82, 2.24) is 9.88 Å². The van der Waals surface area contributed by atoms with Gasteiger partial charge in [-0.1, -0.05) is 18.2 Å². The summed E-state index contributed by atoms with van der Waals surface area (Å²) >= 11 is 0. The first kappa shape index (κ1) is 25.9. The maximum atomic E-state index is 13.7. The number of pyridine rings is 1. The third-order valence-corrected chi connectivity index (χ3v) is 6.68. The first-order chi connectivity index (χ1) is 17.3. The van der Waals surface area contributed by atoms with E-state index in [4.69, 9.17) is 14.2 Å². The summed E-state index contributed by atoms with van der Waals surface area (Å²) in [5.41, 5.74) is 2.14. The molecule has 8 heteroatoms. The topological polar surface area (TPSA) is 81.2 Å². The zero-order chi connectivity index (χ0) is 25.7. The minimum atomic E-state index is -1.02. The summed E-state index contributed by atoms with van der Waals surface area (Å²) in [7, 11) is 0. The first-order valence-electron chi connectivity index (χ1n) is 12.9. The van der Waals surface area contributed by atoms with Crippen LogP contribution in [-0.2, 0) is 25.5 Å². The highest BCUT2D eigenvalue weighted by atomic mass is 16.8. The third-order valence-electron chi connectivity index (χ3n) is 6.68. The summed E-state index contributed by atoms with van der Waals surface area (Å²) < 4.78 is 16.8. The lowest BCUT2D eigenvalue weighted by molar-refractivity contribution is -0.162. The van der Waals surface area contributed by atoms with E-state index in [-0.39, 0.29) is 5.91 Å². The number of carbonyl (C=O) groups is 2. The average Bonchev–Trinajstić information content (AvgIpc) is 3.14. The summed E-state index contributed by atoms with van der Waals surface area (Å²) in [5.74, 6) is -0.326. The van der Waals surface area contributed by atoms with Crippen molar-refractivity contribution in [3.05, 3.63) is 53.7 Å². The molecule has 2 aliphatic rings. The molecular weight excluding hydrogens is 458 g/mol. The maximum Gasteiger partial charge on any atom is 0.338 e. The van der Waals surface area contributed by atoms with Crippen molar-refractivity contribution in [2.75, 3.05) is 37.7 Å². The zero-order valence-electron chi connectivity index (χ0n) is 21.7. The largest absolute Gasteiger partial charge is 0.494 e. The molecule has 2 saturated heterocycles. The number of ether oxygens (including phenoxy) is 3. The second kappa shape index (κ2) is 11.3. The van der Waals surface area contributed by atoms with Crippen molar-refractivity contribution < 1.29 is 23.8 Å². The lowest BCUT2D eigenvalue weighted by Crippen LogP contribution is -2.52. The number of nitrogens with zero attached hydrogens (tertiary/aromatic N) is 3. The number of rotatable bonds is 9. The third kappa shape index (κ3) is 6.35. The van der Waals surface area contributed by atoms with Crippen LogP contribution in [0.4, 0.5) is 5.82 Å². The lowest BCUT2D eigenvalue weighted by atomic mass is 9.92. The van der Waals surface area contributed by atoms with Crippen LogP contribution < -0.4 is 9.64 Å². The Balaban J connectivity index is 1.40. The molecule has 2 fully saturated rings. The smallest absolute Gasteiger partial charge is 0.338 e. The van der Waals surface area contributed by atoms with Gasteiger partial charge in [0.05, 0.1) is 12.5 Å². The highest BCUT2D eigenvalue weighted by Gasteiger charge is 2.48. The van der Waals surface area contributed by atoms with E-state index in [0.29, 0.717) is 39.2 Å². The number of amides is 1. The molecule has 8 nitrogen and oxygen atoms in total. The molecule has 0 aliphatic carbocycles. The molecule has 3 heterocycles. The minimum absolute atomic E-state index is 0.0433. The summed E-state index contributed by atoms with van der Waals surface area (Å²) in [4.78, 5) is 35.0. The number of piperazine rings is 1. The van der Waals surface area contributed by atoms with Crippen LogP contribution in [0.25, 0.3) is 0 Å². The van der Waals surface area contributed by atoms with Crippen molar-refractivity contribution >= 4 is 17.7 Å². The quantitative estimate of drug-likeness (QED) is 0.490. The number of aromatic nitrogens is 1. The van der Waals surface area contributed by atoms with E-state index in [1.54, 1.807) is 13.8 Å². The van der Waals surface area contributed by atoms with Gasteiger partial charge in [0, 0.05) is 45.7 Å². The molecule has 2 aliphatic heterocycles. The number of anilines is 1. The van der Waals surface area contributed by atoms with Crippen LogP contribution in [0, 0.1) is 12.8 Å². The number of aryl methyl sites for hydroxylation is 2. The van der Waals surface area contributed by atoms with Gasteiger partial charge in [-0.2, -0.15) is 0 Å². The number of hydrogen-bond donors (Lipinski definition) is 0. The Morgan fingerprint density at radius 1 is 1.14 bits per heavy atom. The summed E-state index contributed by atoms with van der Waals surface area (Å²) in [6.07, 6.45) is 1.21. The predicted molar refractivity (Wildman–Crippen MR) is 137 cm³/mol. The second-order valence-corrected chi connectivity index (χ2v) is 9.88. The van der Waals surface area contributed by atoms with E-state index >= 15 is 0 Å². The Morgan fingerprint density at radius 2 is 1.86 bits per heavy atom. The van der Waals surface area contributed by atoms with Gasteiger partial charge in [-0.15, -0.1) is 0 Å². The van der Waals surface area contributed by atoms with Crippen LogP contribution in [0.15, 0.2) is 42.5 Å². The average molecular weight is 496 g/mol. The molecule has 0 unspecified atom stereocenters. The molecule has 0 saturated carbocycles. The fourth-order valence-corrected chi connectivity index (χ4v) is 4.87. The second-order valence-electron chi connectivity index (χ2n) is 9.88. The number of esters is 1. The first-order valence-corrected chi connectivity index (χ1v) is 12.9. The highest BCUT2D eigenvalue weighted by molar-refractivity contribution is 5.88. The maximum absolute atomic E-state index is 13.7. The molecule has 1 amide bonds. The van der Waals surface area contributed by atoms with Crippen molar-refractivity contribution in [2.45, 2.75) is 58.8 Å². The predicted octanol–water partition coefficient (Wildman–Crippen LogP) is 3.75. The zero-order valence-corrected chi connectivity index (χ0v) is 21.7. The van der Waals surface area contributed by atoms with E-state index in [1.165, 1.54) is 5.56 Å². The van der Waals surface area contributed by atoms with E-state index in [2.05, 4.69) is 9.88 Å². The molecular formula is C28H37N3O5. The number of benzene rings is 1. The van der Waals surface area contributed by atoms with Gasteiger partial charge in [0.2, 0.25) is 11.7 Å². The number of hydrogen-bond acceptors (Lipinski definition) is 7. The van der Waals surface area contributed by atoms with Crippen molar-refractivity contribution in [1.29, 1.82) is 0 Å². The van der Waals surface area contributed by atoms with Crippen molar-refractivity contribution in [3.63, 3.8) is 0 Å². The monoisotopic (exact) mass is 495 g/mol. The van der Waals surface area contributed by atoms with Crippen molar-refractivity contribution in [2.24, 2.45) is 5.92 Å². The number of cyclic esters (lactones) is 1. The summed E-state index contributed by atoms with van der Waals surface area (Å²) in [6, 6.07) is 14.0. The van der Waals surface area contributed by atoms with E-state index in [1.807, 2.05) is 61.2 Å². The molecule has 2 atom stereocenters. The van der Waals surface area contributed by atoms with Gasteiger partial charge < -0.3 is 24.0 Å². The van der Waals surface area contributed by atoms with E-state index in [0.717, 1.165) is 30.1 Å². The SMILES string of the molecule is CCOc1ccc(CCC[C@@H](C(=O)N2CCN(c3cccc(C)n3)CC2)[C@@H]2OC(C)(C)OC2=O)cc1. The standard InChI is InChI=1S/C28H37N3O5/c1-5-34-22-14-12-21(13-15-22)9-7-10-23(25-27(33)36-28(3,4)35-25)26(32)31-18-16-30(17-19-31)24-11-6-8-20(2)29-24/h6,8,11-15,23,25H,5,7,9-10,16-19H2,1-4H3/t23-,25+/m1/s1. The van der Waals surface area contributed by atoms with Gasteiger partial charge in [-0.05, 0) is 62.9 Å². The molecule has 1 aromatic carbocycles. The Labute approximate surface area is 213 Å². The Morgan fingerprint density at radius 3 is 2.47 bits per heavy atom. The fraction of sp³-hybridized carbons (Fsp3) is 0.536. The molecule has 2 aromatic rings. The highest BCUT2D eigenvalue weighted by Crippen LogP contribution is 2.32. The molecule has 0 radical (unpaired) electrons. The van der Waals surface area contributed by atoms with Gasteiger partial charge in [0.1, 0.15) is 11.6 Å². The van der Waals surface area contributed by atoms with Crippen LogP contribution in [0.1, 0.15) is 44.9 Å². The van der Waals surface area contributed by atoms with Gasteiger partial charge in [-0.3, -0.25) is 4.79 Å². The van der Waals surface area contributed by atoms with Crippen molar-refractivity contribution in [3.8, 4) is 5.75 Å². The van der Waals surface area contributed by atoms with Crippen LogP contribution in [0.2, 0.25) is 0 Å². The Kier molecular flexibility index (Phi) is 8.14.